The van der Waals surface area contributed by atoms with E-state index in [1.807, 2.05) is 18.3 Å². The largest absolute Gasteiger partial charge is 0.497 e. The lowest BCUT2D eigenvalue weighted by Gasteiger charge is -2.25. The summed E-state index contributed by atoms with van der Waals surface area (Å²) in [5, 5.41) is 12.0. The van der Waals surface area contributed by atoms with Gasteiger partial charge in [0.05, 0.1) is 18.9 Å². The van der Waals surface area contributed by atoms with Crippen molar-refractivity contribution in [2.45, 2.75) is 37.7 Å². The van der Waals surface area contributed by atoms with Gasteiger partial charge in [-0.3, -0.25) is 4.98 Å². The third kappa shape index (κ3) is 2.43. The van der Waals surface area contributed by atoms with Crippen LogP contribution >= 0.6 is 0 Å². The summed E-state index contributed by atoms with van der Waals surface area (Å²) in [5.41, 5.74) is 1.16. The molecule has 1 fully saturated rings. The van der Waals surface area contributed by atoms with Crippen LogP contribution in [0.5, 0.6) is 5.75 Å². The Morgan fingerprint density at radius 3 is 2.68 bits per heavy atom. The van der Waals surface area contributed by atoms with Gasteiger partial charge in [-0.25, -0.2) is 0 Å². The average molecular weight is 257 g/mol. The van der Waals surface area contributed by atoms with Gasteiger partial charge in [0.2, 0.25) is 0 Å². The van der Waals surface area contributed by atoms with Crippen molar-refractivity contribution in [3.63, 3.8) is 0 Å². The summed E-state index contributed by atoms with van der Waals surface area (Å²) in [7, 11) is 1.69. The van der Waals surface area contributed by atoms with Crippen LogP contribution < -0.4 is 4.74 Å². The maximum Gasteiger partial charge on any atom is 0.119 e. The number of pyridine rings is 1. The van der Waals surface area contributed by atoms with E-state index >= 15 is 0 Å². The minimum Gasteiger partial charge on any atom is -0.497 e. The van der Waals surface area contributed by atoms with Crippen LogP contribution in [0.15, 0.2) is 30.5 Å². The zero-order chi connectivity index (χ0) is 13.2. The van der Waals surface area contributed by atoms with E-state index in [9.17, 15) is 5.11 Å². The van der Waals surface area contributed by atoms with E-state index in [1.54, 1.807) is 7.11 Å². The Kier molecular flexibility index (Phi) is 3.38. The zero-order valence-corrected chi connectivity index (χ0v) is 11.2. The van der Waals surface area contributed by atoms with Gasteiger partial charge in [0.15, 0.2) is 0 Å². The molecule has 1 aliphatic carbocycles. The first-order valence-electron chi connectivity index (χ1n) is 6.88. The van der Waals surface area contributed by atoms with Crippen LogP contribution in [0.1, 0.15) is 37.3 Å². The van der Waals surface area contributed by atoms with Gasteiger partial charge < -0.3 is 9.84 Å². The Hall–Kier alpha value is -1.61. The Morgan fingerprint density at radius 1 is 1.16 bits per heavy atom. The molecule has 0 radical (unpaired) electrons. The van der Waals surface area contributed by atoms with Gasteiger partial charge in [0.1, 0.15) is 5.75 Å². The highest BCUT2D eigenvalue weighted by Crippen LogP contribution is 2.36. The lowest BCUT2D eigenvalue weighted by molar-refractivity contribution is 0.122. The van der Waals surface area contributed by atoms with E-state index in [1.165, 1.54) is 10.8 Å². The summed E-state index contributed by atoms with van der Waals surface area (Å²) in [4.78, 5) is 4.59. The minimum atomic E-state index is -0.124. The lowest BCUT2D eigenvalue weighted by atomic mass is 9.83. The fraction of sp³-hybridized carbons (Fsp3) is 0.438. The van der Waals surface area contributed by atoms with Crippen LogP contribution in [-0.2, 0) is 0 Å². The fourth-order valence-electron chi connectivity index (χ4n) is 2.97. The first-order chi connectivity index (χ1) is 9.28. The highest BCUT2D eigenvalue weighted by Gasteiger charge is 2.23. The first kappa shape index (κ1) is 12.4. The highest BCUT2D eigenvalue weighted by molar-refractivity contribution is 5.86. The number of benzene rings is 1. The summed E-state index contributed by atoms with van der Waals surface area (Å²) in [5.74, 6) is 1.33. The van der Waals surface area contributed by atoms with E-state index in [-0.39, 0.29) is 6.10 Å². The van der Waals surface area contributed by atoms with Crippen molar-refractivity contribution in [3.8, 4) is 5.75 Å². The molecule has 19 heavy (non-hydrogen) atoms. The first-order valence-corrected chi connectivity index (χ1v) is 6.88. The van der Waals surface area contributed by atoms with Crippen LogP contribution in [0.4, 0.5) is 0 Å². The molecule has 100 valence electrons. The molecule has 0 spiro atoms. The molecule has 0 atom stereocenters. The molecule has 1 aromatic heterocycles. The number of hydrogen-bond acceptors (Lipinski definition) is 3. The normalized spacial score (nSPS) is 23.5. The van der Waals surface area contributed by atoms with Crippen LogP contribution in [0.25, 0.3) is 10.8 Å². The molecule has 3 heteroatoms. The predicted octanol–water partition coefficient (Wildman–Crippen LogP) is 3.26. The third-order valence-electron chi connectivity index (χ3n) is 4.09. The second kappa shape index (κ2) is 5.17. The van der Waals surface area contributed by atoms with Crippen molar-refractivity contribution >= 4 is 10.8 Å². The molecule has 0 amide bonds. The number of aromatic nitrogens is 1. The standard InChI is InChI=1S/C16H19NO2/c1-19-14-7-4-11-8-9-17-16(15(11)10-14)12-2-5-13(18)6-3-12/h4,7-10,12-13,18H,2-3,5-6H2,1H3. The number of ether oxygens (including phenoxy) is 1. The summed E-state index contributed by atoms with van der Waals surface area (Å²) in [6.45, 7) is 0. The summed E-state index contributed by atoms with van der Waals surface area (Å²) in [6.07, 6.45) is 5.56. The van der Waals surface area contributed by atoms with E-state index in [0.717, 1.165) is 37.1 Å². The second-order valence-corrected chi connectivity index (χ2v) is 5.29. The predicted molar refractivity (Wildman–Crippen MR) is 75.5 cm³/mol. The molecule has 3 rings (SSSR count). The van der Waals surface area contributed by atoms with Gasteiger partial charge in [0.25, 0.3) is 0 Å². The molecule has 3 nitrogen and oxygen atoms in total. The molecule has 0 bridgehead atoms. The van der Waals surface area contributed by atoms with E-state index in [2.05, 4.69) is 17.1 Å². The molecular formula is C16H19NO2. The van der Waals surface area contributed by atoms with Crippen molar-refractivity contribution in [1.82, 2.24) is 4.98 Å². The molecule has 0 unspecified atom stereocenters. The van der Waals surface area contributed by atoms with Gasteiger partial charge in [0, 0.05) is 17.5 Å². The number of aliphatic hydroxyl groups is 1. The Balaban J connectivity index is 2.02. The van der Waals surface area contributed by atoms with E-state index in [0.29, 0.717) is 5.92 Å². The smallest absolute Gasteiger partial charge is 0.119 e. The molecule has 1 aromatic carbocycles. The second-order valence-electron chi connectivity index (χ2n) is 5.29. The van der Waals surface area contributed by atoms with Crippen molar-refractivity contribution in [2.24, 2.45) is 0 Å². The molecule has 0 aliphatic heterocycles. The Bertz CT molecular complexity index is 574. The van der Waals surface area contributed by atoms with Crippen molar-refractivity contribution in [3.05, 3.63) is 36.2 Å². The number of aliphatic hydroxyl groups excluding tert-OH is 1. The van der Waals surface area contributed by atoms with Gasteiger partial charge in [-0.2, -0.15) is 0 Å². The number of rotatable bonds is 2. The third-order valence-corrected chi connectivity index (χ3v) is 4.09. The Morgan fingerprint density at radius 2 is 1.95 bits per heavy atom. The molecule has 1 N–H and O–H groups in total. The number of nitrogens with zero attached hydrogens (tertiary/aromatic N) is 1. The van der Waals surface area contributed by atoms with E-state index in [4.69, 9.17) is 4.74 Å². The molecular weight excluding hydrogens is 238 g/mol. The maximum absolute atomic E-state index is 9.63. The van der Waals surface area contributed by atoms with Gasteiger partial charge in [-0.1, -0.05) is 6.07 Å². The summed E-state index contributed by atoms with van der Waals surface area (Å²) >= 11 is 0. The summed E-state index contributed by atoms with van der Waals surface area (Å²) in [6, 6.07) is 8.17. The topological polar surface area (TPSA) is 42.4 Å². The molecule has 1 heterocycles. The van der Waals surface area contributed by atoms with E-state index < -0.39 is 0 Å². The molecule has 2 aromatic rings. The highest BCUT2D eigenvalue weighted by atomic mass is 16.5. The number of fused-ring (bicyclic) bond motifs is 1. The van der Waals surface area contributed by atoms with Gasteiger partial charge in [-0.05, 0) is 49.3 Å². The number of methoxy groups -OCH3 is 1. The van der Waals surface area contributed by atoms with Crippen LogP contribution in [-0.4, -0.2) is 23.3 Å². The lowest BCUT2D eigenvalue weighted by Crippen LogP contribution is -2.17. The minimum absolute atomic E-state index is 0.124. The van der Waals surface area contributed by atoms with Crippen molar-refractivity contribution in [1.29, 1.82) is 0 Å². The van der Waals surface area contributed by atoms with Crippen LogP contribution in [0, 0.1) is 0 Å². The summed E-state index contributed by atoms with van der Waals surface area (Å²) < 4.78 is 5.31. The monoisotopic (exact) mass is 257 g/mol. The van der Waals surface area contributed by atoms with Crippen molar-refractivity contribution in [2.75, 3.05) is 7.11 Å². The molecule has 1 aliphatic rings. The van der Waals surface area contributed by atoms with Crippen LogP contribution in [0.2, 0.25) is 0 Å². The molecule has 1 saturated carbocycles. The SMILES string of the molecule is COc1ccc2ccnc(C3CCC(O)CC3)c2c1. The van der Waals surface area contributed by atoms with Crippen molar-refractivity contribution < 1.29 is 9.84 Å². The van der Waals surface area contributed by atoms with Crippen LogP contribution in [0.3, 0.4) is 0 Å². The zero-order valence-electron chi connectivity index (χ0n) is 11.2. The van der Waals surface area contributed by atoms with Gasteiger partial charge >= 0.3 is 0 Å². The number of hydrogen-bond donors (Lipinski definition) is 1. The maximum atomic E-state index is 9.63. The fourth-order valence-corrected chi connectivity index (χ4v) is 2.97. The Labute approximate surface area is 113 Å². The van der Waals surface area contributed by atoms with Gasteiger partial charge in [-0.15, -0.1) is 0 Å². The average Bonchev–Trinajstić information content (AvgIpc) is 2.47. The quantitative estimate of drug-likeness (QED) is 0.898. The molecule has 0 saturated heterocycles.